The maximum Gasteiger partial charge on any atom is 0.305 e. The Balaban J connectivity index is 2.33. The first-order chi connectivity index (χ1) is 11.3. The van der Waals surface area contributed by atoms with Crippen LogP contribution >= 0.6 is 35.0 Å². The molecule has 0 bridgehead atoms. The zero-order chi connectivity index (χ0) is 17.9. The van der Waals surface area contributed by atoms with Crippen LogP contribution in [0.4, 0.5) is 0 Å². The van der Waals surface area contributed by atoms with Crippen molar-refractivity contribution in [2.24, 2.45) is 7.05 Å². The monoisotopic (exact) mass is 386 g/mol. The Morgan fingerprint density at radius 2 is 1.92 bits per heavy atom. The number of aromatic nitrogens is 2. The van der Waals surface area contributed by atoms with E-state index in [1.807, 2.05) is 23.7 Å². The molecule has 24 heavy (non-hydrogen) atoms. The molecule has 4 nitrogen and oxygen atoms in total. The zero-order valence-electron chi connectivity index (χ0n) is 14.1. The highest BCUT2D eigenvalue weighted by Gasteiger charge is 2.19. The van der Waals surface area contributed by atoms with E-state index in [0.29, 0.717) is 22.9 Å². The number of aryl methyl sites for hydroxylation is 1. The number of hydrogen-bond acceptors (Lipinski definition) is 4. The lowest BCUT2D eigenvalue weighted by molar-refractivity contribution is -0.140. The first-order valence-corrected chi connectivity index (χ1v) is 9.15. The number of rotatable bonds is 6. The van der Waals surface area contributed by atoms with Crippen molar-refractivity contribution in [3.8, 4) is 0 Å². The normalized spacial score (nSPS) is 11.1. The van der Waals surface area contributed by atoms with Gasteiger partial charge in [0.1, 0.15) is 10.9 Å². The molecule has 130 valence electrons. The van der Waals surface area contributed by atoms with E-state index in [0.717, 1.165) is 21.4 Å². The van der Waals surface area contributed by atoms with Gasteiger partial charge in [-0.15, -0.1) is 0 Å². The van der Waals surface area contributed by atoms with Crippen molar-refractivity contribution in [2.45, 2.75) is 42.5 Å². The van der Waals surface area contributed by atoms with Gasteiger partial charge < -0.3 is 9.30 Å². The molecule has 0 spiro atoms. The van der Waals surface area contributed by atoms with Crippen molar-refractivity contribution < 1.29 is 9.53 Å². The molecular formula is C17H20Cl2N2O2S. The summed E-state index contributed by atoms with van der Waals surface area (Å²) in [5.41, 5.74) is 0.999. The van der Waals surface area contributed by atoms with Gasteiger partial charge in [-0.3, -0.25) is 4.79 Å². The molecule has 0 saturated heterocycles. The molecule has 1 heterocycles. The van der Waals surface area contributed by atoms with E-state index in [9.17, 15) is 4.79 Å². The number of esters is 1. The summed E-state index contributed by atoms with van der Waals surface area (Å²) in [6, 6.07) is 5.47. The molecule has 0 amide bonds. The molecule has 0 unspecified atom stereocenters. The molecule has 0 saturated carbocycles. The number of benzene rings is 1. The van der Waals surface area contributed by atoms with Gasteiger partial charge in [0.25, 0.3) is 0 Å². The van der Waals surface area contributed by atoms with Crippen LogP contribution in [0.5, 0.6) is 0 Å². The van der Waals surface area contributed by atoms with Gasteiger partial charge in [0.15, 0.2) is 0 Å². The second-order valence-electron chi connectivity index (χ2n) is 5.72. The summed E-state index contributed by atoms with van der Waals surface area (Å²) >= 11 is 13.8. The summed E-state index contributed by atoms with van der Waals surface area (Å²) in [6.07, 6.45) is 0.853. The number of imidazole rings is 1. The highest BCUT2D eigenvalue weighted by molar-refractivity contribution is 7.99. The number of halogens is 2. The predicted molar refractivity (Wildman–Crippen MR) is 98.2 cm³/mol. The average Bonchev–Trinajstić information content (AvgIpc) is 2.81. The quantitative estimate of drug-likeness (QED) is 0.647. The zero-order valence-corrected chi connectivity index (χ0v) is 16.4. The Hall–Kier alpha value is -1.17. The van der Waals surface area contributed by atoms with E-state index in [1.54, 1.807) is 17.8 Å². The minimum absolute atomic E-state index is 0.236. The number of carbonyl (C=O) groups is 1. The number of carbonyl (C=O) groups excluding carboxylic acids is 1. The van der Waals surface area contributed by atoms with Gasteiger partial charge in [0.2, 0.25) is 0 Å². The molecule has 0 aliphatic heterocycles. The fourth-order valence-corrected chi connectivity index (χ4v) is 4.17. The molecule has 0 aliphatic carbocycles. The molecule has 7 heteroatoms. The van der Waals surface area contributed by atoms with Crippen LogP contribution in [-0.4, -0.2) is 22.6 Å². The van der Waals surface area contributed by atoms with Gasteiger partial charge in [-0.2, -0.15) is 0 Å². The van der Waals surface area contributed by atoms with Crippen molar-refractivity contribution in [1.29, 1.82) is 0 Å². The van der Waals surface area contributed by atoms with Crippen molar-refractivity contribution in [1.82, 2.24) is 9.55 Å². The second-order valence-corrected chi connectivity index (χ2v) is 7.65. The molecule has 0 N–H and O–H groups in total. The van der Waals surface area contributed by atoms with Crippen molar-refractivity contribution in [3.63, 3.8) is 0 Å². The van der Waals surface area contributed by atoms with Crippen LogP contribution in [-0.2, 0) is 23.0 Å². The smallest absolute Gasteiger partial charge is 0.305 e. The van der Waals surface area contributed by atoms with Crippen molar-refractivity contribution in [3.05, 3.63) is 39.8 Å². The third kappa shape index (κ3) is 4.68. The lowest BCUT2D eigenvalue weighted by Gasteiger charge is -2.09. The van der Waals surface area contributed by atoms with Gasteiger partial charge in [0.05, 0.1) is 19.2 Å². The minimum atomic E-state index is -0.236. The summed E-state index contributed by atoms with van der Waals surface area (Å²) in [7, 11) is 3.35. The largest absolute Gasteiger partial charge is 0.469 e. The first kappa shape index (κ1) is 19.2. The topological polar surface area (TPSA) is 44.1 Å². The van der Waals surface area contributed by atoms with E-state index < -0.39 is 0 Å². The Bertz CT molecular complexity index is 724. The van der Waals surface area contributed by atoms with Crippen LogP contribution in [0.25, 0.3) is 0 Å². The SMILES string of the molecule is COC(=O)CCc1nc(C(C)C)c(Sc2cc(Cl)cc(Cl)c2)n1C. The standard InChI is InChI=1S/C17H20Cl2N2O2S/c1-10(2)16-17(24-13-8-11(18)7-12(19)9-13)21(3)14(20-16)5-6-15(22)23-4/h7-10H,5-6H2,1-4H3. The van der Waals surface area contributed by atoms with Gasteiger partial charge >= 0.3 is 5.97 Å². The molecule has 0 atom stereocenters. The second kappa shape index (κ2) is 8.28. The summed E-state index contributed by atoms with van der Waals surface area (Å²) in [4.78, 5) is 17.1. The Morgan fingerprint density at radius 3 is 2.46 bits per heavy atom. The molecule has 0 aliphatic rings. The van der Waals surface area contributed by atoms with Crippen molar-refractivity contribution >= 4 is 40.9 Å². The Morgan fingerprint density at radius 1 is 1.29 bits per heavy atom. The maximum atomic E-state index is 11.4. The first-order valence-electron chi connectivity index (χ1n) is 7.58. The number of ether oxygens (including phenoxy) is 1. The van der Waals surface area contributed by atoms with Crippen molar-refractivity contribution in [2.75, 3.05) is 7.11 Å². The molecule has 0 fully saturated rings. The summed E-state index contributed by atoms with van der Waals surface area (Å²) < 4.78 is 6.73. The van der Waals surface area contributed by atoms with E-state index >= 15 is 0 Å². The summed E-state index contributed by atoms with van der Waals surface area (Å²) in [6.45, 7) is 4.20. The van der Waals surface area contributed by atoms with Crippen LogP contribution < -0.4 is 0 Å². The highest BCUT2D eigenvalue weighted by Crippen LogP contribution is 2.36. The molecule has 1 aromatic heterocycles. The van der Waals surface area contributed by atoms with E-state index in [-0.39, 0.29) is 11.9 Å². The third-order valence-electron chi connectivity index (χ3n) is 3.54. The van der Waals surface area contributed by atoms with Crippen LogP contribution in [0.15, 0.2) is 28.1 Å². The van der Waals surface area contributed by atoms with Gasteiger partial charge in [-0.25, -0.2) is 4.98 Å². The molecule has 1 aromatic carbocycles. The summed E-state index contributed by atoms with van der Waals surface area (Å²) in [5, 5.41) is 2.23. The van der Waals surface area contributed by atoms with Crippen LogP contribution in [0.1, 0.15) is 37.7 Å². The van der Waals surface area contributed by atoms with Crippen LogP contribution in [0, 0.1) is 0 Å². The fraction of sp³-hybridized carbons (Fsp3) is 0.412. The van der Waals surface area contributed by atoms with Crippen LogP contribution in [0.2, 0.25) is 10.0 Å². The molecular weight excluding hydrogens is 367 g/mol. The van der Waals surface area contributed by atoms with Gasteiger partial charge in [-0.05, 0) is 24.1 Å². The number of hydrogen-bond donors (Lipinski definition) is 0. The molecule has 2 rings (SSSR count). The lowest BCUT2D eigenvalue weighted by Crippen LogP contribution is -2.06. The van der Waals surface area contributed by atoms with Gasteiger partial charge in [0, 0.05) is 28.4 Å². The Kier molecular flexibility index (Phi) is 6.61. The lowest BCUT2D eigenvalue weighted by atomic mass is 10.1. The number of methoxy groups -OCH3 is 1. The van der Waals surface area contributed by atoms with Gasteiger partial charge in [-0.1, -0.05) is 48.8 Å². The third-order valence-corrected chi connectivity index (χ3v) is 5.12. The fourth-order valence-electron chi connectivity index (χ4n) is 2.29. The van der Waals surface area contributed by atoms with Crippen LogP contribution in [0.3, 0.4) is 0 Å². The maximum absolute atomic E-state index is 11.4. The average molecular weight is 387 g/mol. The highest BCUT2D eigenvalue weighted by atomic mass is 35.5. The van der Waals surface area contributed by atoms with E-state index in [2.05, 4.69) is 13.8 Å². The van der Waals surface area contributed by atoms with E-state index in [4.69, 9.17) is 32.9 Å². The Labute approximate surface area is 156 Å². The summed E-state index contributed by atoms with van der Waals surface area (Å²) in [5.74, 6) is 0.889. The molecule has 2 aromatic rings. The van der Waals surface area contributed by atoms with E-state index in [1.165, 1.54) is 7.11 Å². The predicted octanol–water partition coefficient (Wildman–Crippen LogP) is 5.11. The molecule has 0 radical (unpaired) electrons. The minimum Gasteiger partial charge on any atom is -0.469 e. The number of nitrogens with zero attached hydrogens (tertiary/aromatic N) is 2.